The number of thioether (sulfide) groups is 1. The number of benzene rings is 3. The number of nitrogens with one attached hydrogen (secondary N) is 1. The second kappa shape index (κ2) is 10.2. The monoisotopic (exact) mass is 475 g/mol. The quantitative estimate of drug-likeness (QED) is 0.193. The van der Waals surface area contributed by atoms with Crippen molar-refractivity contribution in [3.8, 4) is 0 Å². The van der Waals surface area contributed by atoms with Gasteiger partial charge >= 0.3 is 5.97 Å². The van der Waals surface area contributed by atoms with E-state index in [1.54, 1.807) is 6.92 Å². The van der Waals surface area contributed by atoms with Crippen molar-refractivity contribution in [1.29, 1.82) is 0 Å². The van der Waals surface area contributed by atoms with E-state index >= 15 is 0 Å². The van der Waals surface area contributed by atoms with Gasteiger partial charge in [-0.1, -0.05) is 66.4 Å². The summed E-state index contributed by atoms with van der Waals surface area (Å²) in [6.07, 6.45) is 0. The molecule has 0 amide bonds. The molecule has 4 aromatic rings. The predicted molar refractivity (Wildman–Crippen MR) is 137 cm³/mol. The van der Waals surface area contributed by atoms with Crippen molar-refractivity contribution in [1.82, 2.24) is 9.97 Å². The summed E-state index contributed by atoms with van der Waals surface area (Å²) in [6, 6.07) is 30.3. The number of ether oxygens (including phenoxy) is 1. The molecule has 0 bridgehead atoms. The third-order valence-corrected chi connectivity index (χ3v) is 10.7. The highest BCUT2D eigenvalue weighted by molar-refractivity contribution is 8.04. The number of nitrogens with zero attached hydrogens (tertiary/aromatic N) is 1. The molecule has 7 heteroatoms. The Morgan fingerprint density at radius 2 is 1.33 bits per heavy atom. The van der Waals surface area contributed by atoms with Crippen LogP contribution in [-0.2, 0) is 9.53 Å². The number of methoxy groups -OCH3 is 1. The van der Waals surface area contributed by atoms with E-state index in [9.17, 15) is 9.59 Å². The minimum Gasteiger partial charge on any atom is -0.468 e. The van der Waals surface area contributed by atoms with Gasteiger partial charge in [0, 0.05) is 0 Å². The van der Waals surface area contributed by atoms with Crippen LogP contribution >= 0.6 is 19.0 Å². The molecule has 4 rings (SSSR count). The lowest BCUT2D eigenvalue weighted by molar-refractivity contribution is -0.137. The molecule has 0 atom stereocenters. The number of esters is 1. The van der Waals surface area contributed by atoms with E-state index in [1.807, 2.05) is 54.6 Å². The molecule has 0 unspecified atom stereocenters. The van der Waals surface area contributed by atoms with E-state index in [4.69, 9.17) is 9.72 Å². The number of carbonyl (C=O) groups excluding carboxylic acids is 1. The third kappa shape index (κ3) is 4.50. The van der Waals surface area contributed by atoms with Crippen LogP contribution in [0.1, 0.15) is 5.82 Å². The summed E-state index contributed by atoms with van der Waals surface area (Å²) >= 11 is 1.24. The van der Waals surface area contributed by atoms with E-state index in [2.05, 4.69) is 41.4 Å². The average molecular weight is 476 g/mol. The van der Waals surface area contributed by atoms with Crippen LogP contribution in [0.2, 0.25) is 0 Å². The smallest absolute Gasteiger partial charge is 0.316 e. The van der Waals surface area contributed by atoms with Crippen LogP contribution in [0, 0.1) is 6.92 Å². The molecule has 0 saturated heterocycles. The second-order valence-corrected chi connectivity index (χ2v) is 11.6. The van der Waals surface area contributed by atoms with E-state index in [1.165, 1.54) is 18.9 Å². The summed E-state index contributed by atoms with van der Waals surface area (Å²) in [4.78, 5) is 33.4. The third-order valence-electron chi connectivity index (χ3n) is 5.30. The van der Waals surface area contributed by atoms with E-state index in [0.717, 1.165) is 15.9 Å². The molecule has 166 valence electrons. The van der Waals surface area contributed by atoms with Gasteiger partial charge in [0.05, 0.1) is 12.9 Å². The molecule has 33 heavy (non-hydrogen) atoms. The van der Waals surface area contributed by atoms with Gasteiger partial charge in [-0.3, -0.25) is 9.59 Å². The Labute approximate surface area is 197 Å². The summed E-state index contributed by atoms with van der Waals surface area (Å²) in [5.41, 5.74) is -0.195. The SMILES string of the molecule is COC(=O)CSc1nc(C)[nH]c(=O)c1[P+](c1ccccc1)(c1ccccc1)c1ccccc1. The highest BCUT2D eigenvalue weighted by Gasteiger charge is 2.52. The number of aromatic amines is 1. The Morgan fingerprint density at radius 1 is 0.879 bits per heavy atom. The molecule has 5 nitrogen and oxygen atoms in total. The number of hydrogen-bond donors (Lipinski definition) is 1. The first-order chi connectivity index (χ1) is 16.1. The number of hydrogen-bond acceptors (Lipinski definition) is 5. The topological polar surface area (TPSA) is 72.0 Å². The molecule has 1 aromatic heterocycles. The van der Waals surface area contributed by atoms with Gasteiger partial charge in [0.15, 0.2) is 7.26 Å². The zero-order valence-corrected chi connectivity index (χ0v) is 20.1. The molecule has 0 radical (unpaired) electrons. The Bertz CT molecular complexity index is 1200. The van der Waals surface area contributed by atoms with E-state index in [-0.39, 0.29) is 17.3 Å². The second-order valence-electron chi connectivity index (χ2n) is 7.35. The summed E-state index contributed by atoms with van der Waals surface area (Å²) in [7, 11) is -1.29. The molecule has 0 aliphatic heterocycles. The molecule has 0 fully saturated rings. The van der Waals surface area contributed by atoms with Crippen molar-refractivity contribution in [2.45, 2.75) is 11.9 Å². The fourth-order valence-corrected chi connectivity index (χ4v) is 9.56. The lowest BCUT2D eigenvalue weighted by Crippen LogP contribution is -2.46. The lowest BCUT2D eigenvalue weighted by Gasteiger charge is -2.27. The molecule has 0 aliphatic carbocycles. The van der Waals surface area contributed by atoms with E-state index < -0.39 is 7.26 Å². The van der Waals surface area contributed by atoms with Crippen molar-refractivity contribution >= 4 is 46.2 Å². The first-order valence-corrected chi connectivity index (χ1v) is 13.2. The summed E-state index contributed by atoms with van der Waals surface area (Å²) in [6.45, 7) is 1.75. The molecule has 1 heterocycles. The largest absolute Gasteiger partial charge is 0.468 e. The molecule has 1 N–H and O–H groups in total. The first-order valence-electron chi connectivity index (χ1n) is 10.4. The zero-order chi connectivity index (χ0) is 23.3. The molecular weight excluding hydrogens is 451 g/mol. The van der Waals surface area contributed by atoms with E-state index in [0.29, 0.717) is 16.2 Å². The maximum Gasteiger partial charge on any atom is 0.316 e. The Hall–Kier alpha value is -3.21. The van der Waals surface area contributed by atoms with Gasteiger partial charge in [-0.15, -0.1) is 0 Å². The number of rotatable bonds is 7. The van der Waals surface area contributed by atoms with Crippen molar-refractivity contribution in [3.63, 3.8) is 0 Å². The Morgan fingerprint density at radius 3 is 1.76 bits per heavy atom. The maximum absolute atomic E-state index is 13.7. The highest BCUT2D eigenvalue weighted by atomic mass is 32.2. The van der Waals surface area contributed by atoms with Crippen LogP contribution in [0.4, 0.5) is 0 Å². The summed E-state index contributed by atoms with van der Waals surface area (Å²) in [5.74, 6) is 0.203. The minimum atomic E-state index is -2.65. The molecule has 0 saturated carbocycles. The summed E-state index contributed by atoms with van der Waals surface area (Å²) < 4.78 is 4.85. The standard InChI is InChI=1S/C26H23N2O3PS/c1-19-27-25(30)24(26(28-19)33-18-23(29)31-2)32(20-12-6-3-7-13-20,21-14-8-4-9-15-21)22-16-10-5-11-17-22/h3-17H,18H2,1-2H3/p+1. The van der Waals surface area contributed by atoms with Crippen LogP contribution in [0.25, 0.3) is 0 Å². The normalized spacial score (nSPS) is 11.2. The van der Waals surface area contributed by atoms with Crippen LogP contribution in [0.15, 0.2) is 101 Å². The minimum absolute atomic E-state index is 0.0672. The van der Waals surface area contributed by atoms with Crippen LogP contribution < -0.4 is 26.8 Å². The lowest BCUT2D eigenvalue weighted by atomic mass is 10.4. The van der Waals surface area contributed by atoms with Gasteiger partial charge in [0.2, 0.25) is 5.30 Å². The highest BCUT2D eigenvalue weighted by Crippen LogP contribution is 2.54. The number of carbonyl (C=O) groups is 1. The predicted octanol–water partition coefficient (Wildman–Crippen LogP) is 2.96. The van der Waals surface area contributed by atoms with Gasteiger partial charge < -0.3 is 9.72 Å². The molecule has 0 aliphatic rings. The molecule has 3 aromatic carbocycles. The van der Waals surface area contributed by atoms with Crippen LogP contribution in [0.3, 0.4) is 0 Å². The fraction of sp³-hybridized carbons (Fsp3) is 0.115. The van der Waals surface area contributed by atoms with Crippen molar-refractivity contribution in [3.05, 3.63) is 107 Å². The van der Waals surface area contributed by atoms with Gasteiger partial charge in [-0.2, -0.15) is 0 Å². The van der Waals surface area contributed by atoms with Crippen LogP contribution in [0.5, 0.6) is 0 Å². The maximum atomic E-state index is 13.7. The van der Waals surface area contributed by atoms with Crippen LogP contribution in [-0.4, -0.2) is 28.8 Å². The number of aromatic nitrogens is 2. The summed E-state index contributed by atoms with van der Waals surface area (Å²) in [5, 5.41) is 4.26. The fourth-order valence-electron chi connectivity index (χ4n) is 3.93. The van der Waals surface area contributed by atoms with Gasteiger partial charge in [0.25, 0.3) is 5.56 Å². The Kier molecular flexibility index (Phi) is 7.07. The van der Waals surface area contributed by atoms with Crippen molar-refractivity contribution < 1.29 is 9.53 Å². The Balaban J connectivity index is 2.13. The van der Waals surface area contributed by atoms with Gasteiger partial charge in [-0.25, -0.2) is 4.98 Å². The molecule has 0 spiro atoms. The molecular formula is C26H24N2O3PS+. The zero-order valence-electron chi connectivity index (χ0n) is 18.4. The average Bonchev–Trinajstić information content (AvgIpc) is 2.86. The van der Waals surface area contributed by atoms with Crippen molar-refractivity contribution in [2.24, 2.45) is 0 Å². The van der Waals surface area contributed by atoms with Gasteiger partial charge in [-0.05, 0) is 43.3 Å². The van der Waals surface area contributed by atoms with Crippen molar-refractivity contribution in [2.75, 3.05) is 12.9 Å². The number of H-pyrrole nitrogens is 1. The number of aryl methyl sites for hydroxylation is 1. The first kappa shape index (κ1) is 23.0. The van der Waals surface area contributed by atoms with Gasteiger partial charge in [0.1, 0.15) is 26.8 Å².